The third-order valence-electron chi connectivity index (χ3n) is 3.24. The van der Waals surface area contributed by atoms with E-state index in [2.05, 4.69) is 0 Å². The second-order valence-electron chi connectivity index (χ2n) is 4.47. The minimum Gasteiger partial charge on any atom is -0.397 e. The molecule has 6 nitrogen and oxygen atoms in total. The lowest BCUT2D eigenvalue weighted by molar-refractivity contribution is -0.121. The number of hydrogen-bond donors (Lipinski definition) is 3. The molecule has 0 bridgehead atoms. The van der Waals surface area contributed by atoms with E-state index in [1.54, 1.807) is 18.2 Å². The quantitative estimate of drug-likeness (QED) is 0.635. The molecule has 96 valence electrons. The first kappa shape index (κ1) is 12.2. The second kappa shape index (κ2) is 4.56. The van der Waals surface area contributed by atoms with Gasteiger partial charge in [-0.15, -0.1) is 0 Å². The molecule has 0 radical (unpaired) electrons. The second-order valence-corrected chi connectivity index (χ2v) is 4.47. The van der Waals surface area contributed by atoms with Gasteiger partial charge in [-0.1, -0.05) is 0 Å². The van der Waals surface area contributed by atoms with Crippen molar-refractivity contribution in [1.29, 1.82) is 0 Å². The summed E-state index contributed by atoms with van der Waals surface area (Å²) in [5.41, 5.74) is 18.0. The normalized spacial score (nSPS) is 18.9. The number of rotatable bonds is 3. The number of benzene rings is 1. The minimum atomic E-state index is -0.510. The fraction of sp³-hybridized carbons (Fsp3) is 0.333. The molecule has 18 heavy (non-hydrogen) atoms. The topological polar surface area (TPSA) is 115 Å². The number of carbonyl (C=O) groups excluding carboxylic acids is 2. The van der Waals surface area contributed by atoms with Crippen molar-refractivity contribution in [3.8, 4) is 0 Å². The zero-order valence-corrected chi connectivity index (χ0v) is 9.93. The SMILES string of the molecule is NC(=O)c1ccc(N2CCC(C(N)=O)C2)c(N)c1. The van der Waals surface area contributed by atoms with Gasteiger partial charge in [-0.3, -0.25) is 9.59 Å². The summed E-state index contributed by atoms with van der Waals surface area (Å²) < 4.78 is 0. The highest BCUT2D eigenvalue weighted by Gasteiger charge is 2.27. The van der Waals surface area contributed by atoms with Crippen LogP contribution in [0.3, 0.4) is 0 Å². The lowest BCUT2D eigenvalue weighted by Gasteiger charge is -2.20. The predicted molar refractivity (Wildman–Crippen MR) is 68.9 cm³/mol. The molecule has 0 saturated carbocycles. The van der Waals surface area contributed by atoms with Crippen LogP contribution in [0.1, 0.15) is 16.8 Å². The number of nitrogens with two attached hydrogens (primary N) is 3. The van der Waals surface area contributed by atoms with Crippen molar-refractivity contribution in [1.82, 2.24) is 0 Å². The Bertz CT molecular complexity index is 501. The molecule has 1 saturated heterocycles. The molecule has 1 heterocycles. The number of hydrogen-bond acceptors (Lipinski definition) is 4. The molecule has 6 heteroatoms. The van der Waals surface area contributed by atoms with Gasteiger partial charge in [0.2, 0.25) is 11.8 Å². The molecule has 6 N–H and O–H groups in total. The fourth-order valence-corrected chi connectivity index (χ4v) is 2.21. The van der Waals surface area contributed by atoms with Gasteiger partial charge in [-0.25, -0.2) is 0 Å². The Morgan fingerprint density at radius 2 is 2.00 bits per heavy atom. The number of primary amides is 2. The zero-order chi connectivity index (χ0) is 13.3. The Hall–Kier alpha value is -2.24. The maximum absolute atomic E-state index is 11.1. The van der Waals surface area contributed by atoms with Gasteiger partial charge in [0, 0.05) is 18.7 Å². The third-order valence-corrected chi connectivity index (χ3v) is 3.24. The molecular formula is C12H16N4O2. The maximum Gasteiger partial charge on any atom is 0.248 e. The highest BCUT2D eigenvalue weighted by molar-refractivity contribution is 5.95. The smallest absolute Gasteiger partial charge is 0.248 e. The summed E-state index contributed by atoms with van der Waals surface area (Å²) in [6.07, 6.45) is 0.729. The van der Waals surface area contributed by atoms with E-state index in [0.717, 1.165) is 18.7 Å². The van der Waals surface area contributed by atoms with Gasteiger partial charge in [-0.2, -0.15) is 0 Å². The lowest BCUT2D eigenvalue weighted by Crippen LogP contribution is -2.27. The fourth-order valence-electron chi connectivity index (χ4n) is 2.21. The van der Waals surface area contributed by atoms with Crippen LogP contribution in [0, 0.1) is 5.92 Å². The largest absolute Gasteiger partial charge is 0.397 e. The summed E-state index contributed by atoms with van der Waals surface area (Å²) in [5.74, 6) is -0.935. The monoisotopic (exact) mass is 248 g/mol. The summed E-state index contributed by atoms with van der Waals surface area (Å²) >= 11 is 0. The Morgan fingerprint density at radius 1 is 1.28 bits per heavy atom. The predicted octanol–water partition coefficient (Wildman–Crippen LogP) is -0.321. The van der Waals surface area contributed by atoms with Crippen LogP contribution in [0.15, 0.2) is 18.2 Å². The third kappa shape index (κ3) is 2.22. The highest BCUT2D eigenvalue weighted by Crippen LogP contribution is 2.29. The minimum absolute atomic E-state index is 0.139. The van der Waals surface area contributed by atoms with Crippen LogP contribution < -0.4 is 22.1 Å². The molecule has 2 rings (SSSR count). The number of anilines is 2. The van der Waals surface area contributed by atoms with Crippen molar-refractivity contribution < 1.29 is 9.59 Å². The summed E-state index contributed by atoms with van der Waals surface area (Å²) in [7, 11) is 0. The summed E-state index contributed by atoms with van der Waals surface area (Å²) in [6, 6.07) is 4.93. The van der Waals surface area contributed by atoms with Gasteiger partial charge in [-0.05, 0) is 24.6 Å². The van der Waals surface area contributed by atoms with E-state index in [-0.39, 0.29) is 11.8 Å². The van der Waals surface area contributed by atoms with Gasteiger partial charge < -0.3 is 22.1 Å². The van der Waals surface area contributed by atoms with Crippen molar-refractivity contribution >= 4 is 23.2 Å². The van der Waals surface area contributed by atoms with E-state index in [0.29, 0.717) is 17.8 Å². The van der Waals surface area contributed by atoms with Gasteiger partial charge >= 0.3 is 0 Å². The van der Waals surface area contributed by atoms with Gasteiger partial charge in [0.05, 0.1) is 17.3 Å². The molecule has 1 aromatic rings. The Balaban J connectivity index is 2.20. The van der Waals surface area contributed by atoms with Crippen LogP contribution in [0.4, 0.5) is 11.4 Å². The first-order valence-electron chi connectivity index (χ1n) is 5.72. The van der Waals surface area contributed by atoms with Crippen molar-refractivity contribution in [3.05, 3.63) is 23.8 Å². The molecule has 0 aliphatic carbocycles. The molecule has 1 atom stereocenters. The first-order valence-corrected chi connectivity index (χ1v) is 5.72. The molecule has 1 fully saturated rings. The van der Waals surface area contributed by atoms with Crippen LogP contribution >= 0.6 is 0 Å². The molecular weight excluding hydrogens is 232 g/mol. The lowest BCUT2D eigenvalue weighted by atomic mass is 10.1. The van der Waals surface area contributed by atoms with Crippen molar-refractivity contribution in [2.45, 2.75) is 6.42 Å². The maximum atomic E-state index is 11.1. The van der Waals surface area contributed by atoms with Crippen LogP contribution in [0.2, 0.25) is 0 Å². The molecule has 2 amide bonds. The van der Waals surface area contributed by atoms with Crippen molar-refractivity contribution in [2.75, 3.05) is 23.7 Å². The van der Waals surface area contributed by atoms with E-state index in [1.807, 2.05) is 4.90 Å². The van der Waals surface area contributed by atoms with E-state index in [4.69, 9.17) is 17.2 Å². The Labute approximate surface area is 105 Å². The molecule has 0 aromatic heterocycles. The van der Waals surface area contributed by atoms with Crippen molar-refractivity contribution in [3.63, 3.8) is 0 Å². The van der Waals surface area contributed by atoms with Gasteiger partial charge in [0.25, 0.3) is 0 Å². The molecule has 1 aromatic carbocycles. The van der Waals surface area contributed by atoms with Crippen LogP contribution in [-0.4, -0.2) is 24.9 Å². The standard InChI is InChI=1S/C12H16N4O2/c13-9-5-7(11(14)17)1-2-10(9)16-4-3-8(6-16)12(15)18/h1-2,5,8H,3-4,6,13H2,(H2,14,17)(H2,15,18). The van der Waals surface area contributed by atoms with Crippen LogP contribution in [-0.2, 0) is 4.79 Å². The summed E-state index contributed by atoms with van der Waals surface area (Å²) in [4.78, 5) is 24.1. The number of nitrogen functional groups attached to an aromatic ring is 1. The van der Waals surface area contributed by atoms with Crippen LogP contribution in [0.5, 0.6) is 0 Å². The Morgan fingerprint density at radius 3 is 2.50 bits per heavy atom. The van der Waals surface area contributed by atoms with E-state index >= 15 is 0 Å². The molecule has 1 aliphatic heterocycles. The average molecular weight is 248 g/mol. The van der Waals surface area contributed by atoms with Gasteiger partial charge in [0.1, 0.15) is 0 Å². The molecule has 0 spiro atoms. The van der Waals surface area contributed by atoms with Gasteiger partial charge in [0.15, 0.2) is 0 Å². The number of carbonyl (C=O) groups is 2. The highest BCUT2D eigenvalue weighted by atomic mass is 16.1. The van der Waals surface area contributed by atoms with Crippen LogP contribution in [0.25, 0.3) is 0 Å². The summed E-state index contributed by atoms with van der Waals surface area (Å²) in [6.45, 7) is 1.29. The zero-order valence-electron chi connectivity index (χ0n) is 9.93. The average Bonchev–Trinajstić information content (AvgIpc) is 2.78. The summed E-state index contributed by atoms with van der Waals surface area (Å²) in [5, 5.41) is 0. The number of amides is 2. The van der Waals surface area contributed by atoms with E-state index < -0.39 is 5.91 Å². The number of nitrogens with zero attached hydrogens (tertiary/aromatic N) is 1. The first-order chi connectivity index (χ1) is 8.49. The van der Waals surface area contributed by atoms with Crippen molar-refractivity contribution in [2.24, 2.45) is 17.4 Å². The molecule has 1 unspecified atom stereocenters. The molecule has 1 aliphatic rings. The Kier molecular flexibility index (Phi) is 3.10. The van der Waals surface area contributed by atoms with E-state index in [9.17, 15) is 9.59 Å². The van der Waals surface area contributed by atoms with E-state index in [1.165, 1.54) is 0 Å².